The summed E-state index contributed by atoms with van der Waals surface area (Å²) in [5.41, 5.74) is 1.42. The van der Waals surface area contributed by atoms with Gasteiger partial charge in [0.2, 0.25) is 0 Å². The van der Waals surface area contributed by atoms with Crippen molar-refractivity contribution in [2.75, 3.05) is 67.4 Å². The first-order valence-electron chi connectivity index (χ1n) is 11.6. The summed E-state index contributed by atoms with van der Waals surface area (Å²) in [6, 6.07) is 13.3. The Hall–Kier alpha value is -2.86. The highest BCUT2D eigenvalue weighted by Gasteiger charge is 2.18. The number of aliphatic hydroxyl groups excluding tert-OH is 2. The second-order valence-corrected chi connectivity index (χ2v) is 7.46. The van der Waals surface area contributed by atoms with Crippen LogP contribution in [0.5, 0.6) is 11.5 Å². The van der Waals surface area contributed by atoms with Crippen molar-refractivity contribution in [1.29, 1.82) is 0 Å². The van der Waals surface area contributed by atoms with E-state index < -0.39 is 12.1 Å². The van der Waals surface area contributed by atoms with E-state index in [0.29, 0.717) is 49.1 Å². The molecule has 0 fully saturated rings. The van der Waals surface area contributed by atoms with Gasteiger partial charge in [-0.1, -0.05) is 24.3 Å². The molecule has 36 heavy (non-hydrogen) atoms. The maximum absolute atomic E-state index is 9.92. The molecule has 0 spiro atoms. The van der Waals surface area contributed by atoms with Crippen molar-refractivity contribution in [3.8, 4) is 11.5 Å². The summed E-state index contributed by atoms with van der Waals surface area (Å²) in [5.74, 6) is 1.16. The Morgan fingerprint density at radius 2 is 1.08 bits per heavy atom. The molecule has 2 atom stereocenters. The Labute approximate surface area is 212 Å². The number of hydrogen-bond donors (Lipinski definition) is 2. The number of aliphatic imine (C=N–C) groups is 2. The fourth-order valence-electron chi connectivity index (χ4n) is 2.94. The van der Waals surface area contributed by atoms with E-state index >= 15 is 0 Å². The SMILES string of the molecule is COCCOCOc1ccccc1C=N[C@@H](CO)[C@H](CO)N=Cc1ccccc1OCOCCOC. The highest BCUT2D eigenvalue weighted by molar-refractivity contribution is 5.84. The van der Waals surface area contributed by atoms with Gasteiger partial charge in [-0.3, -0.25) is 9.98 Å². The van der Waals surface area contributed by atoms with Crippen LogP contribution in [0.4, 0.5) is 0 Å². The standard InChI is InChI=1S/C26H36N2O8/c1-31-11-13-33-19-35-25-9-5-3-7-21(25)15-27-23(17-29)24(18-30)28-16-22-8-4-6-10-26(22)36-20-34-14-12-32-2/h3-10,15-16,23-24,29-30H,11-14,17-20H2,1-2H3/t23-,24-/m0/s1. The highest BCUT2D eigenvalue weighted by Crippen LogP contribution is 2.18. The molecule has 0 aliphatic heterocycles. The van der Waals surface area contributed by atoms with Gasteiger partial charge >= 0.3 is 0 Å². The Kier molecular flexibility index (Phi) is 15.0. The van der Waals surface area contributed by atoms with Crippen LogP contribution in [0.3, 0.4) is 0 Å². The quantitative estimate of drug-likeness (QED) is 0.169. The molecule has 0 saturated heterocycles. The van der Waals surface area contributed by atoms with Crippen molar-refractivity contribution in [2.24, 2.45) is 9.98 Å². The number of aliphatic hydroxyl groups is 2. The van der Waals surface area contributed by atoms with Crippen LogP contribution in [0.2, 0.25) is 0 Å². The lowest BCUT2D eigenvalue weighted by atomic mass is 10.1. The second kappa shape index (κ2) is 18.4. The van der Waals surface area contributed by atoms with E-state index in [2.05, 4.69) is 9.98 Å². The molecule has 0 bridgehead atoms. The van der Waals surface area contributed by atoms with Gasteiger partial charge in [0.1, 0.15) is 11.5 Å². The molecule has 198 valence electrons. The van der Waals surface area contributed by atoms with Crippen molar-refractivity contribution in [3.63, 3.8) is 0 Å². The molecule has 10 heteroatoms. The molecule has 0 amide bonds. The summed E-state index contributed by atoms with van der Waals surface area (Å²) in [4.78, 5) is 8.92. The lowest BCUT2D eigenvalue weighted by Gasteiger charge is -2.17. The van der Waals surface area contributed by atoms with Crippen molar-refractivity contribution >= 4 is 12.4 Å². The monoisotopic (exact) mass is 504 g/mol. The molecular formula is C26H36N2O8. The largest absolute Gasteiger partial charge is 0.467 e. The molecule has 2 rings (SSSR count). The summed E-state index contributed by atoms with van der Waals surface area (Å²) in [7, 11) is 3.20. The smallest absolute Gasteiger partial charge is 0.189 e. The molecule has 0 radical (unpaired) electrons. The molecule has 0 heterocycles. The summed E-state index contributed by atoms with van der Waals surface area (Å²) in [6.45, 7) is 1.34. The lowest BCUT2D eigenvalue weighted by Crippen LogP contribution is -2.30. The first-order chi connectivity index (χ1) is 17.7. The number of rotatable bonds is 19. The average molecular weight is 505 g/mol. The maximum Gasteiger partial charge on any atom is 0.189 e. The van der Waals surface area contributed by atoms with Crippen molar-refractivity contribution in [3.05, 3.63) is 59.7 Å². The Bertz CT molecular complexity index is 836. The molecule has 0 aliphatic rings. The van der Waals surface area contributed by atoms with E-state index in [1.165, 1.54) is 0 Å². The third-order valence-corrected chi connectivity index (χ3v) is 4.93. The van der Waals surface area contributed by atoms with Gasteiger partial charge in [0.05, 0.1) is 51.7 Å². The van der Waals surface area contributed by atoms with Gasteiger partial charge in [-0.15, -0.1) is 0 Å². The zero-order valence-electron chi connectivity index (χ0n) is 20.8. The van der Waals surface area contributed by atoms with Crippen LogP contribution in [0.1, 0.15) is 11.1 Å². The van der Waals surface area contributed by atoms with E-state index in [1.54, 1.807) is 38.8 Å². The van der Waals surface area contributed by atoms with Crippen molar-refractivity contribution in [1.82, 2.24) is 0 Å². The van der Waals surface area contributed by atoms with Crippen molar-refractivity contribution < 1.29 is 38.6 Å². The molecule has 2 aromatic rings. The highest BCUT2D eigenvalue weighted by atomic mass is 16.7. The first kappa shape index (κ1) is 29.4. The third kappa shape index (κ3) is 10.8. The van der Waals surface area contributed by atoms with Gasteiger partial charge in [0.15, 0.2) is 13.6 Å². The number of hydrogen-bond acceptors (Lipinski definition) is 10. The number of nitrogens with zero attached hydrogens (tertiary/aromatic N) is 2. The number of methoxy groups -OCH3 is 2. The summed E-state index contributed by atoms with van der Waals surface area (Å²) in [5, 5.41) is 19.8. The van der Waals surface area contributed by atoms with E-state index in [1.807, 2.05) is 36.4 Å². The van der Waals surface area contributed by atoms with Crippen LogP contribution in [0.25, 0.3) is 0 Å². The molecule has 0 saturated carbocycles. The predicted octanol–water partition coefficient (Wildman–Crippen LogP) is 1.95. The van der Waals surface area contributed by atoms with Crippen LogP contribution in [-0.2, 0) is 18.9 Å². The maximum atomic E-state index is 9.92. The Balaban J connectivity index is 2.03. The fourth-order valence-corrected chi connectivity index (χ4v) is 2.94. The Morgan fingerprint density at radius 3 is 1.47 bits per heavy atom. The molecule has 0 aromatic heterocycles. The summed E-state index contributed by atoms with van der Waals surface area (Å²) in [6.07, 6.45) is 3.19. The minimum atomic E-state index is -0.664. The van der Waals surface area contributed by atoms with Crippen LogP contribution in [0.15, 0.2) is 58.5 Å². The Morgan fingerprint density at radius 1 is 0.667 bits per heavy atom. The topological polar surface area (TPSA) is 121 Å². The zero-order valence-corrected chi connectivity index (χ0v) is 20.8. The number of para-hydroxylation sites is 2. The number of ether oxygens (including phenoxy) is 6. The van der Waals surface area contributed by atoms with E-state index in [9.17, 15) is 10.2 Å². The molecule has 2 aromatic carbocycles. The second-order valence-electron chi connectivity index (χ2n) is 7.46. The van der Waals surface area contributed by atoms with Gasteiger partial charge in [-0.25, -0.2) is 0 Å². The van der Waals surface area contributed by atoms with Gasteiger partial charge in [-0.2, -0.15) is 0 Å². The lowest BCUT2D eigenvalue weighted by molar-refractivity contribution is -0.00862. The minimum absolute atomic E-state index is 0.0695. The van der Waals surface area contributed by atoms with Gasteiger partial charge in [-0.05, 0) is 24.3 Å². The van der Waals surface area contributed by atoms with Crippen LogP contribution < -0.4 is 9.47 Å². The minimum Gasteiger partial charge on any atom is -0.467 e. The fraction of sp³-hybridized carbons (Fsp3) is 0.462. The van der Waals surface area contributed by atoms with Crippen LogP contribution in [0, 0.1) is 0 Å². The molecule has 2 N–H and O–H groups in total. The van der Waals surface area contributed by atoms with Crippen molar-refractivity contribution in [2.45, 2.75) is 12.1 Å². The van der Waals surface area contributed by atoms with E-state index in [0.717, 1.165) is 0 Å². The normalized spacial score (nSPS) is 13.3. The first-order valence-corrected chi connectivity index (χ1v) is 11.6. The van der Waals surface area contributed by atoms with E-state index in [-0.39, 0.29) is 26.8 Å². The summed E-state index contributed by atoms with van der Waals surface area (Å²) >= 11 is 0. The molecule has 0 aliphatic carbocycles. The molecule has 10 nitrogen and oxygen atoms in total. The number of benzene rings is 2. The van der Waals surface area contributed by atoms with Gasteiger partial charge < -0.3 is 38.6 Å². The summed E-state index contributed by atoms with van der Waals surface area (Å²) < 4.78 is 31.9. The van der Waals surface area contributed by atoms with E-state index in [4.69, 9.17) is 28.4 Å². The predicted molar refractivity (Wildman–Crippen MR) is 136 cm³/mol. The van der Waals surface area contributed by atoms with Gasteiger partial charge in [0.25, 0.3) is 0 Å². The molecular weight excluding hydrogens is 468 g/mol. The van der Waals surface area contributed by atoms with Crippen LogP contribution >= 0.6 is 0 Å². The van der Waals surface area contributed by atoms with Gasteiger partial charge in [0, 0.05) is 37.8 Å². The third-order valence-electron chi connectivity index (χ3n) is 4.93. The average Bonchev–Trinajstić information content (AvgIpc) is 2.91. The van der Waals surface area contributed by atoms with Crippen LogP contribution in [-0.4, -0.2) is 102 Å². The zero-order chi connectivity index (χ0) is 25.8. The molecule has 0 unspecified atom stereocenters.